The number of fused-ring (bicyclic) bond motifs is 1. The van der Waals surface area contributed by atoms with Gasteiger partial charge >= 0.3 is 6.09 Å². The van der Waals surface area contributed by atoms with Crippen molar-refractivity contribution in [3.63, 3.8) is 0 Å². The van der Waals surface area contributed by atoms with Crippen molar-refractivity contribution in [3.8, 4) is 0 Å². The van der Waals surface area contributed by atoms with Crippen LogP contribution in [0.25, 0.3) is 0 Å². The van der Waals surface area contributed by atoms with E-state index in [-0.39, 0.29) is 12.1 Å². The Labute approximate surface area is 171 Å². The van der Waals surface area contributed by atoms with Gasteiger partial charge in [-0.2, -0.15) is 4.99 Å². The summed E-state index contributed by atoms with van der Waals surface area (Å²) in [6.45, 7) is 6.69. The molecule has 0 saturated heterocycles. The third-order valence-corrected chi connectivity index (χ3v) is 5.67. The number of nitrogens with zero attached hydrogens (tertiary/aromatic N) is 4. The van der Waals surface area contributed by atoms with Crippen LogP contribution in [0.5, 0.6) is 0 Å². The lowest BCUT2D eigenvalue weighted by Crippen LogP contribution is -2.58. The van der Waals surface area contributed by atoms with E-state index >= 15 is 0 Å². The van der Waals surface area contributed by atoms with Crippen molar-refractivity contribution in [1.82, 2.24) is 4.90 Å². The second-order valence-corrected chi connectivity index (χ2v) is 9.11. The minimum atomic E-state index is -0.513. The van der Waals surface area contributed by atoms with Crippen LogP contribution in [-0.2, 0) is 17.8 Å². The van der Waals surface area contributed by atoms with Gasteiger partial charge in [-0.1, -0.05) is 12.5 Å². The van der Waals surface area contributed by atoms with E-state index in [9.17, 15) is 4.79 Å². The van der Waals surface area contributed by atoms with Gasteiger partial charge in [0.25, 0.3) is 0 Å². The number of hydrogen-bond donors (Lipinski definition) is 2. The molecule has 0 unspecified atom stereocenters. The highest BCUT2D eigenvalue weighted by atomic mass is 16.6. The molecule has 8 nitrogen and oxygen atoms in total. The first-order chi connectivity index (χ1) is 13.7. The van der Waals surface area contributed by atoms with E-state index in [1.54, 1.807) is 4.90 Å². The van der Waals surface area contributed by atoms with Gasteiger partial charge in [-0.25, -0.2) is 9.79 Å². The molecule has 4 N–H and O–H groups in total. The zero-order chi connectivity index (χ0) is 20.8. The average Bonchev–Trinajstić information content (AvgIpc) is 3.04. The molecule has 1 amide bonds. The minimum Gasteiger partial charge on any atom is -0.444 e. The van der Waals surface area contributed by atoms with Crippen LogP contribution in [0.3, 0.4) is 0 Å². The van der Waals surface area contributed by atoms with Crippen molar-refractivity contribution >= 4 is 23.7 Å². The first-order valence-electron chi connectivity index (χ1n) is 10.3. The number of carbonyl (C=O) groups is 1. The summed E-state index contributed by atoms with van der Waals surface area (Å²) in [5, 5.41) is 0. The summed E-state index contributed by atoms with van der Waals surface area (Å²) in [7, 11) is 0. The fraction of sp³-hybridized carbons (Fsp3) is 0.571. The molecule has 1 aromatic rings. The van der Waals surface area contributed by atoms with Crippen LogP contribution >= 0.6 is 0 Å². The molecule has 1 fully saturated rings. The lowest BCUT2D eigenvalue weighted by Gasteiger charge is -2.45. The van der Waals surface area contributed by atoms with Gasteiger partial charge < -0.3 is 16.2 Å². The molecule has 1 saturated carbocycles. The lowest BCUT2D eigenvalue weighted by atomic mass is 9.87. The number of guanidine groups is 2. The molecule has 1 aromatic carbocycles. The summed E-state index contributed by atoms with van der Waals surface area (Å²) in [6.07, 6.45) is 4.85. The average molecular weight is 399 g/mol. The lowest BCUT2D eigenvalue weighted by molar-refractivity contribution is 0.0242. The van der Waals surface area contributed by atoms with Gasteiger partial charge in [-0.3, -0.25) is 9.80 Å². The Morgan fingerprint density at radius 1 is 1.10 bits per heavy atom. The molecule has 1 spiro atoms. The molecule has 156 valence electrons. The van der Waals surface area contributed by atoms with Gasteiger partial charge in [0.15, 0.2) is 0 Å². The Hall–Kier alpha value is -2.77. The molecule has 0 radical (unpaired) electrons. The second kappa shape index (κ2) is 6.93. The zero-order valence-corrected chi connectivity index (χ0v) is 17.4. The number of rotatable bonds is 1. The minimum absolute atomic E-state index is 0.248. The quantitative estimate of drug-likeness (QED) is 0.755. The molecule has 3 aliphatic rings. The van der Waals surface area contributed by atoms with Crippen LogP contribution in [0, 0.1) is 0 Å². The van der Waals surface area contributed by atoms with Crippen LogP contribution in [0.1, 0.15) is 64.0 Å². The van der Waals surface area contributed by atoms with Crippen molar-refractivity contribution in [1.29, 1.82) is 0 Å². The van der Waals surface area contributed by atoms with Crippen LogP contribution in [0.4, 0.5) is 10.5 Å². The van der Waals surface area contributed by atoms with E-state index in [0.29, 0.717) is 19.0 Å². The molecule has 0 bridgehead atoms. The summed E-state index contributed by atoms with van der Waals surface area (Å²) in [5.74, 6) is 0.624. The Balaban J connectivity index is 1.61. The molecule has 0 atom stereocenters. The van der Waals surface area contributed by atoms with E-state index in [2.05, 4.69) is 17.1 Å². The van der Waals surface area contributed by atoms with Crippen molar-refractivity contribution in [2.24, 2.45) is 21.5 Å². The van der Waals surface area contributed by atoms with E-state index < -0.39 is 11.3 Å². The SMILES string of the molecule is CC(C)(C)OC(=O)N1Cc2ccc(N3C(N)=NC(N)=NC34CCCCC4)cc2C1. The largest absolute Gasteiger partial charge is 0.444 e. The highest BCUT2D eigenvalue weighted by molar-refractivity contribution is 6.05. The Kier molecular flexibility index (Phi) is 4.67. The maximum absolute atomic E-state index is 12.5. The number of carbonyl (C=O) groups excluding carboxylic acids is 1. The van der Waals surface area contributed by atoms with Crippen molar-refractivity contribution in [3.05, 3.63) is 29.3 Å². The Morgan fingerprint density at radius 2 is 1.79 bits per heavy atom. The number of benzene rings is 1. The first-order valence-corrected chi connectivity index (χ1v) is 10.3. The van der Waals surface area contributed by atoms with Gasteiger partial charge in [0.2, 0.25) is 11.9 Å². The normalized spacial score (nSPS) is 20.9. The molecule has 0 aromatic heterocycles. The van der Waals surface area contributed by atoms with Crippen molar-refractivity contribution in [2.75, 3.05) is 4.90 Å². The number of amides is 1. The molecule has 8 heteroatoms. The number of nitrogens with two attached hydrogens (primary N) is 2. The maximum Gasteiger partial charge on any atom is 0.410 e. The van der Waals surface area contributed by atoms with E-state index in [1.165, 1.54) is 6.42 Å². The fourth-order valence-corrected chi connectivity index (χ4v) is 4.47. The summed E-state index contributed by atoms with van der Waals surface area (Å²) in [4.78, 5) is 25.2. The molecule has 4 rings (SSSR count). The van der Waals surface area contributed by atoms with E-state index in [0.717, 1.165) is 42.5 Å². The van der Waals surface area contributed by atoms with E-state index in [1.807, 2.05) is 31.7 Å². The molecule has 2 aliphatic heterocycles. The predicted octanol–water partition coefficient (Wildman–Crippen LogP) is 3.05. The smallest absolute Gasteiger partial charge is 0.410 e. The van der Waals surface area contributed by atoms with Crippen LogP contribution in [0.15, 0.2) is 28.2 Å². The summed E-state index contributed by atoms with van der Waals surface area (Å²) < 4.78 is 5.52. The molecule has 29 heavy (non-hydrogen) atoms. The monoisotopic (exact) mass is 398 g/mol. The molecule has 2 heterocycles. The fourth-order valence-electron chi connectivity index (χ4n) is 4.47. The van der Waals surface area contributed by atoms with Crippen LogP contribution in [-0.4, -0.2) is 34.2 Å². The number of anilines is 1. The van der Waals surface area contributed by atoms with Gasteiger partial charge in [0.1, 0.15) is 11.3 Å². The summed E-state index contributed by atoms with van der Waals surface area (Å²) in [6, 6.07) is 6.18. The van der Waals surface area contributed by atoms with Gasteiger partial charge in [-0.15, -0.1) is 0 Å². The maximum atomic E-state index is 12.5. The number of ether oxygens (including phenoxy) is 1. The highest BCUT2D eigenvalue weighted by Crippen LogP contribution is 2.40. The topological polar surface area (TPSA) is 110 Å². The highest BCUT2D eigenvalue weighted by Gasteiger charge is 2.43. The van der Waals surface area contributed by atoms with Gasteiger partial charge in [0.05, 0.1) is 0 Å². The number of aliphatic imine (C=N–C) groups is 2. The van der Waals surface area contributed by atoms with Crippen LogP contribution in [0.2, 0.25) is 0 Å². The zero-order valence-electron chi connectivity index (χ0n) is 17.4. The van der Waals surface area contributed by atoms with E-state index in [4.69, 9.17) is 21.2 Å². The second-order valence-electron chi connectivity index (χ2n) is 9.11. The Bertz CT molecular complexity index is 880. The third-order valence-electron chi connectivity index (χ3n) is 5.67. The Morgan fingerprint density at radius 3 is 2.48 bits per heavy atom. The van der Waals surface area contributed by atoms with Crippen LogP contribution < -0.4 is 16.4 Å². The van der Waals surface area contributed by atoms with Crippen molar-refractivity contribution < 1.29 is 9.53 Å². The molecular formula is C21H30N6O2. The standard InChI is InChI=1S/C21H30N6O2/c1-20(2,3)29-19(28)26-12-14-7-8-16(11-15(14)13-26)27-18(23)24-17(22)25-21(27)9-5-4-6-10-21/h7-8,11H,4-6,9-10,12-13H2,1-3H3,(H4,22,23,24,25). The van der Waals surface area contributed by atoms with Gasteiger partial charge in [0, 0.05) is 18.8 Å². The third kappa shape index (κ3) is 3.75. The van der Waals surface area contributed by atoms with Gasteiger partial charge in [-0.05, 0) is 69.7 Å². The number of hydrogen-bond acceptors (Lipinski definition) is 7. The van der Waals surface area contributed by atoms with Crippen molar-refractivity contribution in [2.45, 2.75) is 77.2 Å². The molecular weight excluding hydrogens is 368 g/mol. The summed E-state index contributed by atoms with van der Waals surface area (Å²) >= 11 is 0. The predicted molar refractivity (Wildman–Crippen MR) is 113 cm³/mol. The summed E-state index contributed by atoms with van der Waals surface area (Å²) in [5.41, 5.74) is 14.5. The first kappa shape index (κ1) is 19.5. The molecule has 1 aliphatic carbocycles.